The van der Waals surface area contributed by atoms with Gasteiger partial charge in [-0.3, -0.25) is 4.79 Å². The normalized spacial score (nSPS) is 18.1. The summed E-state index contributed by atoms with van der Waals surface area (Å²) in [6, 6.07) is 9.55. The number of likely N-dealkylation sites (tertiary alicyclic amines) is 1. The average molecular weight is 259 g/mol. The third-order valence-corrected chi connectivity index (χ3v) is 3.33. The van der Waals surface area contributed by atoms with Crippen LogP contribution in [0.5, 0.6) is 0 Å². The maximum atomic E-state index is 11.9. The van der Waals surface area contributed by atoms with Gasteiger partial charge in [-0.1, -0.05) is 36.9 Å². The van der Waals surface area contributed by atoms with Gasteiger partial charge in [-0.15, -0.1) is 0 Å². The van der Waals surface area contributed by atoms with E-state index in [1.165, 1.54) is 0 Å². The predicted molar refractivity (Wildman–Crippen MR) is 71.5 cm³/mol. The quantitative estimate of drug-likeness (QED) is 0.616. The Bertz CT molecular complexity index is 470. The summed E-state index contributed by atoms with van der Waals surface area (Å²) < 4.78 is 5.24. The van der Waals surface area contributed by atoms with Crippen LogP contribution >= 0.6 is 0 Å². The van der Waals surface area contributed by atoms with Crippen LogP contribution in [0.2, 0.25) is 0 Å². The zero-order valence-electron chi connectivity index (χ0n) is 10.7. The summed E-state index contributed by atoms with van der Waals surface area (Å²) in [4.78, 5) is 24.1. The van der Waals surface area contributed by atoms with E-state index in [-0.39, 0.29) is 18.6 Å². The fourth-order valence-corrected chi connectivity index (χ4v) is 2.14. The summed E-state index contributed by atoms with van der Waals surface area (Å²) in [5, 5.41) is 0. The molecule has 100 valence electrons. The van der Waals surface area contributed by atoms with Crippen molar-refractivity contribution in [3.8, 4) is 0 Å². The average Bonchev–Trinajstić information content (AvgIpc) is 2.95. The highest BCUT2D eigenvalue weighted by atomic mass is 16.6. The molecule has 0 aliphatic carbocycles. The number of aldehydes is 1. The first-order valence-electron chi connectivity index (χ1n) is 6.30. The lowest BCUT2D eigenvalue weighted by molar-refractivity contribution is -0.105. The topological polar surface area (TPSA) is 46.6 Å². The molecule has 4 heteroatoms. The van der Waals surface area contributed by atoms with E-state index >= 15 is 0 Å². The van der Waals surface area contributed by atoms with Gasteiger partial charge in [-0.05, 0) is 17.6 Å². The van der Waals surface area contributed by atoms with Crippen molar-refractivity contribution >= 4 is 12.4 Å². The maximum absolute atomic E-state index is 11.9. The molecule has 1 aromatic carbocycles. The van der Waals surface area contributed by atoms with Crippen LogP contribution in [-0.2, 0) is 16.1 Å². The molecule has 4 nitrogen and oxygen atoms in total. The highest BCUT2D eigenvalue weighted by molar-refractivity contribution is 5.74. The molecule has 1 amide bonds. The van der Waals surface area contributed by atoms with Crippen molar-refractivity contribution in [3.05, 3.63) is 48.0 Å². The summed E-state index contributed by atoms with van der Waals surface area (Å²) >= 11 is 0. The van der Waals surface area contributed by atoms with Crippen molar-refractivity contribution in [2.75, 3.05) is 13.1 Å². The van der Waals surface area contributed by atoms with Gasteiger partial charge >= 0.3 is 6.09 Å². The first-order chi connectivity index (χ1) is 9.20. The fraction of sp³-hybridized carbons (Fsp3) is 0.333. The third kappa shape index (κ3) is 3.44. The van der Waals surface area contributed by atoms with E-state index in [0.29, 0.717) is 18.7 Å². The van der Waals surface area contributed by atoms with Crippen LogP contribution in [0.25, 0.3) is 0 Å². The molecule has 0 bridgehead atoms. The molecule has 1 aliphatic rings. The lowest BCUT2D eigenvalue weighted by Crippen LogP contribution is -2.29. The number of carbonyl (C=O) groups is 2. The molecule has 1 heterocycles. The molecular weight excluding hydrogens is 242 g/mol. The third-order valence-electron chi connectivity index (χ3n) is 3.33. The Morgan fingerprint density at radius 1 is 1.42 bits per heavy atom. The Hall–Kier alpha value is -2.10. The Morgan fingerprint density at radius 3 is 2.84 bits per heavy atom. The molecule has 1 atom stereocenters. The highest BCUT2D eigenvalue weighted by Gasteiger charge is 2.28. The van der Waals surface area contributed by atoms with Gasteiger partial charge in [0.2, 0.25) is 0 Å². The monoisotopic (exact) mass is 259 g/mol. The van der Waals surface area contributed by atoms with E-state index in [1.54, 1.807) is 4.90 Å². The molecule has 0 radical (unpaired) electrons. The van der Waals surface area contributed by atoms with Gasteiger partial charge in [0.05, 0.1) is 0 Å². The van der Waals surface area contributed by atoms with E-state index in [1.807, 2.05) is 30.3 Å². The second kappa shape index (κ2) is 6.18. The standard InChI is InChI=1S/C15H17NO3/c1-12(10-17)14-7-8-16(9-14)15(18)19-11-13-5-3-2-4-6-13/h2-6,10,14H,1,7-9,11H2/t14-/m0/s1. The Kier molecular flexibility index (Phi) is 4.34. The minimum Gasteiger partial charge on any atom is -0.445 e. The second-order valence-corrected chi connectivity index (χ2v) is 4.66. The Balaban J connectivity index is 1.82. The summed E-state index contributed by atoms with van der Waals surface area (Å²) in [5.41, 5.74) is 1.52. The number of benzene rings is 1. The largest absolute Gasteiger partial charge is 0.445 e. The number of ether oxygens (including phenoxy) is 1. The van der Waals surface area contributed by atoms with E-state index < -0.39 is 0 Å². The zero-order chi connectivity index (χ0) is 13.7. The Labute approximate surface area is 112 Å². The van der Waals surface area contributed by atoms with Crippen LogP contribution in [-0.4, -0.2) is 30.4 Å². The molecule has 0 unspecified atom stereocenters. The highest BCUT2D eigenvalue weighted by Crippen LogP contribution is 2.22. The van der Waals surface area contributed by atoms with Gasteiger partial charge in [-0.2, -0.15) is 0 Å². The lowest BCUT2D eigenvalue weighted by atomic mass is 10.0. The van der Waals surface area contributed by atoms with Gasteiger partial charge in [0.1, 0.15) is 12.9 Å². The van der Waals surface area contributed by atoms with Crippen LogP contribution in [0.4, 0.5) is 4.79 Å². The number of hydrogen-bond acceptors (Lipinski definition) is 3. The minimum absolute atomic E-state index is 0.0711. The Morgan fingerprint density at radius 2 is 2.16 bits per heavy atom. The molecule has 0 spiro atoms. The van der Waals surface area contributed by atoms with Gasteiger partial charge < -0.3 is 9.64 Å². The van der Waals surface area contributed by atoms with Gasteiger partial charge in [0.25, 0.3) is 0 Å². The van der Waals surface area contributed by atoms with E-state index in [0.717, 1.165) is 18.3 Å². The number of amides is 1. The van der Waals surface area contributed by atoms with Crippen LogP contribution in [0.1, 0.15) is 12.0 Å². The first-order valence-corrected chi connectivity index (χ1v) is 6.30. The number of nitrogens with zero attached hydrogens (tertiary/aromatic N) is 1. The summed E-state index contributed by atoms with van der Waals surface area (Å²) in [6.07, 6.45) is 1.21. The molecule has 0 aromatic heterocycles. The lowest BCUT2D eigenvalue weighted by Gasteiger charge is -2.16. The smallest absolute Gasteiger partial charge is 0.410 e. The van der Waals surface area contributed by atoms with E-state index in [2.05, 4.69) is 6.58 Å². The van der Waals surface area contributed by atoms with Crippen molar-refractivity contribution in [3.63, 3.8) is 0 Å². The van der Waals surface area contributed by atoms with Crippen molar-refractivity contribution < 1.29 is 14.3 Å². The molecule has 0 N–H and O–H groups in total. The maximum Gasteiger partial charge on any atom is 0.410 e. The van der Waals surface area contributed by atoms with Gasteiger partial charge in [-0.25, -0.2) is 4.79 Å². The van der Waals surface area contributed by atoms with Crippen LogP contribution < -0.4 is 0 Å². The molecule has 2 rings (SSSR count). The van der Waals surface area contributed by atoms with Crippen molar-refractivity contribution in [1.29, 1.82) is 0 Å². The number of carbonyl (C=O) groups excluding carboxylic acids is 2. The van der Waals surface area contributed by atoms with Crippen LogP contribution in [0.15, 0.2) is 42.5 Å². The first kappa shape index (κ1) is 13.3. The second-order valence-electron chi connectivity index (χ2n) is 4.66. The number of hydrogen-bond donors (Lipinski definition) is 0. The number of rotatable bonds is 4. The predicted octanol–water partition coefficient (Wildman–Crippen LogP) is 2.40. The van der Waals surface area contributed by atoms with E-state index in [4.69, 9.17) is 4.74 Å². The molecule has 1 fully saturated rings. The van der Waals surface area contributed by atoms with Crippen LogP contribution in [0.3, 0.4) is 0 Å². The summed E-state index contributed by atoms with van der Waals surface area (Å²) in [5.74, 6) is 0.0711. The van der Waals surface area contributed by atoms with Gasteiger partial charge in [0, 0.05) is 19.0 Å². The molecular formula is C15H17NO3. The molecule has 1 aliphatic heterocycles. The zero-order valence-corrected chi connectivity index (χ0v) is 10.7. The summed E-state index contributed by atoms with van der Waals surface area (Å²) in [6.45, 7) is 5.10. The van der Waals surface area contributed by atoms with Crippen molar-refractivity contribution in [1.82, 2.24) is 4.90 Å². The minimum atomic E-state index is -0.329. The van der Waals surface area contributed by atoms with E-state index in [9.17, 15) is 9.59 Å². The van der Waals surface area contributed by atoms with Crippen LogP contribution in [0, 0.1) is 5.92 Å². The molecule has 1 saturated heterocycles. The molecule has 1 aromatic rings. The fourth-order valence-electron chi connectivity index (χ4n) is 2.14. The summed E-state index contributed by atoms with van der Waals surface area (Å²) in [7, 11) is 0. The SMILES string of the molecule is C=C(C=O)[C@H]1CCN(C(=O)OCc2ccccc2)C1. The van der Waals surface area contributed by atoms with Crippen molar-refractivity contribution in [2.24, 2.45) is 5.92 Å². The molecule has 0 saturated carbocycles. The van der Waals surface area contributed by atoms with Gasteiger partial charge in [0.15, 0.2) is 0 Å². The molecule has 19 heavy (non-hydrogen) atoms. The van der Waals surface area contributed by atoms with Crippen molar-refractivity contribution in [2.45, 2.75) is 13.0 Å².